The largest absolute Gasteiger partial charge is 0.485 e. The summed E-state index contributed by atoms with van der Waals surface area (Å²) in [5.41, 5.74) is -0.360. The van der Waals surface area contributed by atoms with Crippen molar-refractivity contribution < 1.29 is 27.8 Å². The van der Waals surface area contributed by atoms with Crippen LogP contribution >= 0.6 is 0 Å². The monoisotopic (exact) mass is 339 g/mol. The van der Waals surface area contributed by atoms with Gasteiger partial charge in [-0.25, -0.2) is 8.78 Å². The minimum absolute atomic E-state index is 0.0354. The number of rotatable bonds is 5. The molecule has 2 atom stereocenters. The summed E-state index contributed by atoms with van der Waals surface area (Å²) in [6.45, 7) is 3.25. The molecule has 24 heavy (non-hydrogen) atoms. The van der Waals surface area contributed by atoms with Crippen LogP contribution in [0.2, 0.25) is 0 Å². The van der Waals surface area contributed by atoms with Crippen molar-refractivity contribution >= 4 is 17.4 Å². The maximum atomic E-state index is 13.3. The zero-order chi connectivity index (χ0) is 17.9. The second-order valence-corrected chi connectivity index (χ2v) is 5.98. The van der Waals surface area contributed by atoms with E-state index in [-0.39, 0.29) is 12.8 Å². The molecule has 130 valence electrons. The predicted octanol–water partition coefficient (Wildman–Crippen LogP) is 2.55. The highest BCUT2D eigenvalue weighted by Crippen LogP contribution is 2.35. The normalized spacial score (nSPS) is 20.8. The molecule has 0 spiro atoms. The molecule has 7 heteroatoms. The summed E-state index contributed by atoms with van der Waals surface area (Å²) in [5, 5.41) is 2.68. The third-order valence-corrected chi connectivity index (χ3v) is 3.78. The number of nitrogens with one attached hydrogen (secondary N) is 1. The fraction of sp³-hybridized carbons (Fsp3) is 0.412. The van der Waals surface area contributed by atoms with E-state index < -0.39 is 35.2 Å². The maximum absolute atomic E-state index is 13.3. The maximum Gasteiger partial charge on any atom is 0.307 e. The lowest BCUT2D eigenvalue weighted by Gasteiger charge is -2.25. The van der Waals surface area contributed by atoms with Crippen LogP contribution in [-0.2, 0) is 19.1 Å². The first-order valence-electron chi connectivity index (χ1n) is 7.44. The minimum atomic E-state index is -1.21. The lowest BCUT2D eigenvalue weighted by molar-refractivity contribution is -0.142. The molecule has 1 aliphatic rings. The van der Waals surface area contributed by atoms with Gasteiger partial charge in [-0.1, -0.05) is 0 Å². The molecule has 1 N–H and O–H groups in total. The highest BCUT2D eigenvalue weighted by molar-refractivity contribution is 5.89. The molecule has 2 rings (SSSR count). The van der Waals surface area contributed by atoms with Gasteiger partial charge in [-0.15, -0.1) is 0 Å². The molecular formula is C17H19F2NO4. The summed E-state index contributed by atoms with van der Waals surface area (Å²) in [6, 6.07) is 2.71. The van der Waals surface area contributed by atoms with Gasteiger partial charge in [-0.05, 0) is 37.1 Å². The van der Waals surface area contributed by atoms with Gasteiger partial charge in [0.1, 0.15) is 11.6 Å². The molecule has 0 radical (unpaired) electrons. The van der Waals surface area contributed by atoms with E-state index in [0.717, 1.165) is 6.07 Å². The van der Waals surface area contributed by atoms with Crippen LogP contribution in [0.1, 0.15) is 32.3 Å². The van der Waals surface area contributed by atoms with Gasteiger partial charge < -0.3 is 14.8 Å². The van der Waals surface area contributed by atoms with Gasteiger partial charge in [0.05, 0.1) is 19.8 Å². The lowest BCUT2D eigenvalue weighted by Crippen LogP contribution is -2.48. The third kappa shape index (κ3) is 4.10. The Hall–Kier alpha value is -2.44. The average molecular weight is 339 g/mol. The Kier molecular flexibility index (Phi) is 5.21. The number of carbonyl (C=O) groups is 2. The molecule has 1 heterocycles. The Morgan fingerprint density at radius 3 is 2.54 bits per heavy atom. The number of esters is 1. The molecule has 1 amide bonds. The molecule has 0 fully saturated rings. The van der Waals surface area contributed by atoms with Crippen molar-refractivity contribution in [1.29, 1.82) is 0 Å². The summed E-state index contributed by atoms with van der Waals surface area (Å²) in [5.74, 6) is -2.25. The first-order chi connectivity index (χ1) is 11.2. The molecular weight excluding hydrogens is 320 g/mol. The zero-order valence-corrected chi connectivity index (χ0v) is 13.7. The molecule has 2 unspecified atom stereocenters. The van der Waals surface area contributed by atoms with Crippen LogP contribution in [-0.4, -0.2) is 30.6 Å². The number of halogens is 2. The minimum Gasteiger partial charge on any atom is -0.485 e. The number of benzene rings is 1. The van der Waals surface area contributed by atoms with E-state index in [1.54, 1.807) is 13.8 Å². The zero-order valence-electron chi connectivity index (χ0n) is 13.7. The molecule has 0 bridgehead atoms. The fourth-order valence-corrected chi connectivity index (χ4v) is 2.45. The van der Waals surface area contributed by atoms with Gasteiger partial charge in [-0.2, -0.15) is 0 Å². The average Bonchev–Trinajstić information content (AvgIpc) is 2.90. The van der Waals surface area contributed by atoms with Crippen molar-refractivity contribution in [3.63, 3.8) is 0 Å². The number of hydrogen-bond donors (Lipinski definition) is 1. The second-order valence-electron chi connectivity index (χ2n) is 5.98. The highest BCUT2D eigenvalue weighted by Gasteiger charge is 2.40. The number of amides is 1. The van der Waals surface area contributed by atoms with Crippen LogP contribution in [0.25, 0.3) is 5.57 Å². The van der Waals surface area contributed by atoms with Gasteiger partial charge in [0, 0.05) is 18.5 Å². The SMILES string of the molecule is COC(=O)CC(C)NC(=O)C1(C)CC(c2cc(F)cc(F)c2)=CO1. The summed E-state index contributed by atoms with van der Waals surface area (Å²) in [7, 11) is 1.27. The Balaban J connectivity index is 2.03. The molecule has 1 aliphatic heterocycles. The highest BCUT2D eigenvalue weighted by atomic mass is 19.1. The molecule has 0 saturated carbocycles. The van der Waals surface area contributed by atoms with Crippen LogP contribution in [0.4, 0.5) is 8.78 Å². The van der Waals surface area contributed by atoms with Gasteiger partial charge in [-0.3, -0.25) is 9.59 Å². The fourth-order valence-electron chi connectivity index (χ4n) is 2.45. The molecule has 0 aliphatic carbocycles. The predicted molar refractivity (Wildman–Crippen MR) is 82.7 cm³/mol. The lowest BCUT2D eigenvalue weighted by atomic mass is 9.93. The molecule has 5 nitrogen and oxygen atoms in total. The molecule has 1 aromatic carbocycles. The number of carbonyl (C=O) groups excluding carboxylic acids is 2. The van der Waals surface area contributed by atoms with E-state index in [1.807, 2.05) is 0 Å². The van der Waals surface area contributed by atoms with Crippen LogP contribution in [0, 0.1) is 11.6 Å². The Bertz CT molecular complexity index is 669. The third-order valence-electron chi connectivity index (χ3n) is 3.78. The standard InChI is InChI=1S/C17H19F2NO4/c1-10(4-15(21)23-3)20-16(22)17(2)8-12(9-24-17)11-5-13(18)7-14(19)6-11/h5-7,9-10H,4,8H2,1-3H3,(H,20,22). The Labute approximate surface area is 138 Å². The topological polar surface area (TPSA) is 64.6 Å². The van der Waals surface area contributed by atoms with E-state index >= 15 is 0 Å². The molecule has 0 saturated heterocycles. The second kappa shape index (κ2) is 6.98. The van der Waals surface area contributed by atoms with Gasteiger partial charge in [0.15, 0.2) is 5.60 Å². The van der Waals surface area contributed by atoms with Gasteiger partial charge in [0.2, 0.25) is 0 Å². The van der Waals surface area contributed by atoms with Crippen molar-refractivity contribution in [1.82, 2.24) is 5.32 Å². The van der Waals surface area contributed by atoms with Crippen LogP contribution in [0.3, 0.4) is 0 Å². The van der Waals surface area contributed by atoms with E-state index in [2.05, 4.69) is 10.1 Å². The quantitative estimate of drug-likeness (QED) is 0.838. The van der Waals surface area contributed by atoms with Crippen molar-refractivity contribution in [3.05, 3.63) is 41.7 Å². The molecule has 1 aromatic rings. The Morgan fingerprint density at radius 1 is 1.33 bits per heavy atom. The van der Waals surface area contributed by atoms with E-state index in [1.165, 1.54) is 25.5 Å². The number of hydrogen-bond acceptors (Lipinski definition) is 4. The summed E-state index contributed by atoms with van der Waals surface area (Å²) < 4.78 is 36.7. The number of ether oxygens (including phenoxy) is 2. The van der Waals surface area contributed by atoms with Crippen molar-refractivity contribution in [2.75, 3.05) is 7.11 Å². The summed E-state index contributed by atoms with van der Waals surface area (Å²) >= 11 is 0. The summed E-state index contributed by atoms with van der Waals surface area (Å²) in [6.07, 6.45) is 1.53. The van der Waals surface area contributed by atoms with E-state index in [0.29, 0.717) is 11.1 Å². The van der Waals surface area contributed by atoms with E-state index in [4.69, 9.17) is 4.74 Å². The van der Waals surface area contributed by atoms with Gasteiger partial charge in [0.25, 0.3) is 5.91 Å². The number of methoxy groups -OCH3 is 1. The van der Waals surface area contributed by atoms with Crippen LogP contribution in [0.15, 0.2) is 24.5 Å². The molecule has 0 aromatic heterocycles. The van der Waals surface area contributed by atoms with Crippen molar-refractivity contribution in [2.24, 2.45) is 0 Å². The first-order valence-corrected chi connectivity index (χ1v) is 7.44. The van der Waals surface area contributed by atoms with Crippen LogP contribution < -0.4 is 5.32 Å². The smallest absolute Gasteiger partial charge is 0.307 e. The first kappa shape index (κ1) is 17.9. The Morgan fingerprint density at radius 2 is 1.96 bits per heavy atom. The van der Waals surface area contributed by atoms with Gasteiger partial charge >= 0.3 is 5.97 Å². The van der Waals surface area contributed by atoms with E-state index in [9.17, 15) is 18.4 Å². The van der Waals surface area contributed by atoms with Crippen LogP contribution in [0.5, 0.6) is 0 Å². The van der Waals surface area contributed by atoms with Crippen molar-refractivity contribution in [2.45, 2.75) is 38.3 Å². The van der Waals surface area contributed by atoms with Crippen molar-refractivity contribution in [3.8, 4) is 0 Å². The summed E-state index contributed by atoms with van der Waals surface area (Å²) in [4.78, 5) is 23.6.